The molecule has 162 valence electrons. The number of carbonyl (C=O) groups excluding carboxylic acids is 2. The van der Waals surface area contributed by atoms with Gasteiger partial charge in [0.1, 0.15) is 17.6 Å². The highest BCUT2D eigenvalue weighted by molar-refractivity contribution is 6.42. The monoisotopic (exact) mass is 454 g/mol. The van der Waals surface area contributed by atoms with Gasteiger partial charge in [0, 0.05) is 12.6 Å². The zero-order valence-corrected chi connectivity index (χ0v) is 18.6. The average molecular weight is 455 g/mol. The maximum absolute atomic E-state index is 13.1. The van der Waals surface area contributed by atoms with Crippen LogP contribution in [0, 0.1) is 5.82 Å². The van der Waals surface area contributed by atoms with E-state index < -0.39 is 11.9 Å². The Morgan fingerprint density at radius 3 is 2.33 bits per heavy atom. The van der Waals surface area contributed by atoms with Crippen molar-refractivity contribution in [1.82, 2.24) is 10.2 Å². The fraction of sp³-hybridized carbons (Fsp3) is 0.364. The standard InChI is InChI=1S/C22H25Cl2FN2O3/c1-4-20(22(29)26-14(2)3)27(12-15-5-10-18(23)19(24)11-15)21(28)13-30-17-8-6-16(25)7-9-17/h5-11,14,20H,4,12-13H2,1-3H3,(H,26,29). The lowest BCUT2D eigenvalue weighted by molar-refractivity contribution is -0.143. The first-order chi connectivity index (χ1) is 14.2. The molecule has 2 aromatic carbocycles. The van der Waals surface area contributed by atoms with Crippen molar-refractivity contribution in [3.05, 3.63) is 63.9 Å². The Bertz CT molecular complexity index is 875. The zero-order valence-electron chi connectivity index (χ0n) is 17.1. The van der Waals surface area contributed by atoms with E-state index in [1.807, 2.05) is 20.8 Å². The second kappa shape index (κ2) is 11.2. The van der Waals surface area contributed by atoms with Crippen molar-refractivity contribution in [2.75, 3.05) is 6.61 Å². The van der Waals surface area contributed by atoms with Gasteiger partial charge in [0.05, 0.1) is 10.0 Å². The Labute approximate surface area is 186 Å². The van der Waals surface area contributed by atoms with E-state index in [0.717, 1.165) is 5.56 Å². The SMILES string of the molecule is CCC(C(=O)NC(C)C)N(Cc1ccc(Cl)c(Cl)c1)C(=O)COc1ccc(F)cc1. The molecular weight excluding hydrogens is 430 g/mol. The number of rotatable bonds is 9. The summed E-state index contributed by atoms with van der Waals surface area (Å²) in [6, 6.07) is 9.68. The van der Waals surface area contributed by atoms with Gasteiger partial charge < -0.3 is 15.0 Å². The predicted molar refractivity (Wildman–Crippen MR) is 116 cm³/mol. The lowest BCUT2D eigenvalue weighted by atomic mass is 10.1. The fourth-order valence-corrected chi connectivity index (χ4v) is 3.21. The molecule has 0 fully saturated rings. The smallest absolute Gasteiger partial charge is 0.261 e. The minimum absolute atomic E-state index is 0.0658. The summed E-state index contributed by atoms with van der Waals surface area (Å²) < 4.78 is 18.6. The molecule has 2 aromatic rings. The summed E-state index contributed by atoms with van der Waals surface area (Å²) in [5.74, 6) is -0.663. The third kappa shape index (κ3) is 6.89. The Kier molecular flexibility index (Phi) is 8.93. The Hall–Kier alpha value is -2.31. The van der Waals surface area contributed by atoms with Crippen molar-refractivity contribution in [3.63, 3.8) is 0 Å². The van der Waals surface area contributed by atoms with Crippen LogP contribution in [0.2, 0.25) is 10.0 Å². The highest BCUT2D eigenvalue weighted by Crippen LogP contribution is 2.24. The van der Waals surface area contributed by atoms with E-state index in [0.29, 0.717) is 22.2 Å². The van der Waals surface area contributed by atoms with Crippen LogP contribution in [0.3, 0.4) is 0 Å². The van der Waals surface area contributed by atoms with Gasteiger partial charge in [0.15, 0.2) is 6.61 Å². The summed E-state index contributed by atoms with van der Waals surface area (Å²) >= 11 is 12.1. The molecule has 1 N–H and O–H groups in total. The van der Waals surface area contributed by atoms with Crippen molar-refractivity contribution >= 4 is 35.0 Å². The van der Waals surface area contributed by atoms with Gasteiger partial charge in [-0.15, -0.1) is 0 Å². The van der Waals surface area contributed by atoms with Gasteiger partial charge in [0.25, 0.3) is 5.91 Å². The van der Waals surface area contributed by atoms with Gasteiger partial charge in [-0.05, 0) is 62.2 Å². The van der Waals surface area contributed by atoms with Crippen LogP contribution in [0.25, 0.3) is 0 Å². The second-order valence-electron chi connectivity index (χ2n) is 7.10. The summed E-state index contributed by atoms with van der Waals surface area (Å²) in [5.41, 5.74) is 0.732. The molecule has 0 bridgehead atoms. The maximum atomic E-state index is 13.1. The fourth-order valence-electron chi connectivity index (χ4n) is 2.89. The summed E-state index contributed by atoms with van der Waals surface area (Å²) in [6.45, 7) is 5.41. The second-order valence-corrected chi connectivity index (χ2v) is 7.91. The molecule has 0 aliphatic carbocycles. The van der Waals surface area contributed by atoms with Gasteiger partial charge in [-0.3, -0.25) is 9.59 Å². The largest absolute Gasteiger partial charge is 0.484 e. The Balaban J connectivity index is 2.23. The van der Waals surface area contributed by atoms with E-state index >= 15 is 0 Å². The molecule has 0 spiro atoms. The molecule has 8 heteroatoms. The van der Waals surface area contributed by atoms with Crippen LogP contribution in [0.4, 0.5) is 4.39 Å². The molecule has 0 saturated carbocycles. The summed E-state index contributed by atoms with van der Waals surface area (Å²) in [6.07, 6.45) is 0.419. The number of benzene rings is 2. The molecule has 1 unspecified atom stereocenters. The molecule has 30 heavy (non-hydrogen) atoms. The van der Waals surface area contributed by atoms with Gasteiger partial charge in [-0.2, -0.15) is 0 Å². The van der Waals surface area contributed by atoms with Crippen molar-refractivity contribution in [1.29, 1.82) is 0 Å². The van der Waals surface area contributed by atoms with Gasteiger partial charge in [0.2, 0.25) is 5.91 Å². The first-order valence-corrected chi connectivity index (χ1v) is 10.4. The minimum Gasteiger partial charge on any atom is -0.484 e. The number of hydrogen-bond acceptors (Lipinski definition) is 3. The van der Waals surface area contributed by atoms with Gasteiger partial charge >= 0.3 is 0 Å². The lowest BCUT2D eigenvalue weighted by Gasteiger charge is -2.31. The molecule has 5 nitrogen and oxygen atoms in total. The molecule has 0 aliphatic heterocycles. The highest BCUT2D eigenvalue weighted by atomic mass is 35.5. The van der Waals surface area contributed by atoms with Gasteiger partial charge in [-0.1, -0.05) is 36.2 Å². The lowest BCUT2D eigenvalue weighted by Crippen LogP contribution is -2.51. The number of hydrogen-bond donors (Lipinski definition) is 1. The van der Waals surface area contributed by atoms with E-state index in [2.05, 4.69) is 5.32 Å². The molecular formula is C22H25Cl2FN2O3. The quantitative estimate of drug-likeness (QED) is 0.589. The first kappa shape index (κ1) is 24.0. The van der Waals surface area contributed by atoms with E-state index in [1.54, 1.807) is 18.2 Å². The Morgan fingerprint density at radius 2 is 1.77 bits per heavy atom. The number of nitrogens with zero attached hydrogens (tertiary/aromatic N) is 1. The predicted octanol–water partition coefficient (Wildman–Crippen LogP) is 4.84. The molecule has 1 atom stereocenters. The number of nitrogens with one attached hydrogen (secondary N) is 1. The number of carbonyl (C=O) groups is 2. The summed E-state index contributed by atoms with van der Waals surface area (Å²) in [4.78, 5) is 27.2. The van der Waals surface area contributed by atoms with Crippen molar-refractivity contribution < 1.29 is 18.7 Å². The van der Waals surface area contributed by atoms with Crippen LogP contribution < -0.4 is 10.1 Å². The molecule has 2 rings (SSSR count). The third-order valence-corrected chi connectivity index (χ3v) is 5.07. The number of ether oxygens (including phenoxy) is 1. The van der Waals surface area contributed by atoms with Crippen molar-refractivity contribution in [3.8, 4) is 5.75 Å². The molecule has 0 heterocycles. The highest BCUT2D eigenvalue weighted by Gasteiger charge is 2.29. The van der Waals surface area contributed by atoms with Crippen LogP contribution in [-0.4, -0.2) is 35.4 Å². The van der Waals surface area contributed by atoms with Crippen LogP contribution in [-0.2, 0) is 16.1 Å². The topological polar surface area (TPSA) is 58.6 Å². The molecule has 0 radical (unpaired) electrons. The van der Waals surface area contributed by atoms with Crippen molar-refractivity contribution in [2.24, 2.45) is 0 Å². The van der Waals surface area contributed by atoms with Crippen molar-refractivity contribution in [2.45, 2.75) is 45.8 Å². The van der Waals surface area contributed by atoms with E-state index in [-0.39, 0.29) is 31.0 Å². The molecule has 0 aromatic heterocycles. The minimum atomic E-state index is -0.689. The maximum Gasteiger partial charge on any atom is 0.261 e. The van der Waals surface area contributed by atoms with Crippen LogP contribution >= 0.6 is 23.2 Å². The molecule has 0 saturated heterocycles. The van der Waals surface area contributed by atoms with Crippen LogP contribution in [0.15, 0.2) is 42.5 Å². The van der Waals surface area contributed by atoms with Crippen LogP contribution in [0.5, 0.6) is 5.75 Å². The van der Waals surface area contributed by atoms with Crippen LogP contribution in [0.1, 0.15) is 32.8 Å². The van der Waals surface area contributed by atoms with Gasteiger partial charge in [-0.25, -0.2) is 4.39 Å². The molecule has 2 amide bonds. The first-order valence-electron chi connectivity index (χ1n) is 9.63. The summed E-state index contributed by atoms with van der Waals surface area (Å²) in [7, 11) is 0. The summed E-state index contributed by atoms with van der Waals surface area (Å²) in [5, 5.41) is 3.62. The van der Waals surface area contributed by atoms with E-state index in [1.165, 1.54) is 29.2 Å². The Morgan fingerprint density at radius 1 is 1.10 bits per heavy atom. The number of amides is 2. The van der Waals surface area contributed by atoms with E-state index in [9.17, 15) is 14.0 Å². The van der Waals surface area contributed by atoms with E-state index in [4.69, 9.17) is 27.9 Å². The average Bonchev–Trinajstić information content (AvgIpc) is 2.69. The molecule has 0 aliphatic rings. The third-order valence-electron chi connectivity index (χ3n) is 4.33. The zero-order chi connectivity index (χ0) is 22.3. The normalized spacial score (nSPS) is 11.8. The number of halogens is 3.